The van der Waals surface area contributed by atoms with Crippen molar-refractivity contribution in [2.75, 3.05) is 0 Å². The SMILES string of the molecule is Cc1ccoc1C(=O)NCc1ccc(OC2CCCC2)nc1. The van der Waals surface area contributed by atoms with Crippen LogP contribution in [0.4, 0.5) is 0 Å². The third-order valence-electron chi connectivity index (χ3n) is 3.91. The smallest absolute Gasteiger partial charge is 0.287 e. The molecule has 2 aromatic rings. The number of hydrogen-bond acceptors (Lipinski definition) is 4. The average Bonchev–Trinajstić information content (AvgIpc) is 3.18. The van der Waals surface area contributed by atoms with Crippen LogP contribution in [-0.4, -0.2) is 17.0 Å². The van der Waals surface area contributed by atoms with Gasteiger partial charge < -0.3 is 14.5 Å². The molecule has 0 aromatic carbocycles. The van der Waals surface area contributed by atoms with Gasteiger partial charge in [-0.2, -0.15) is 0 Å². The lowest BCUT2D eigenvalue weighted by atomic mass is 10.2. The largest absolute Gasteiger partial charge is 0.474 e. The molecule has 116 valence electrons. The fraction of sp³-hybridized carbons (Fsp3) is 0.412. The quantitative estimate of drug-likeness (QED) is 0.920. The zero-order valence-corrected chi connectivity index (χ0v) is 12.7. The van der Waals surface area contributed by atoms with E-state index < -0.39 is 0 Å². The monoisotopic (exact) mass is 300 g/mol. The molecule has 5 nitrogen and oxygen atoms in total. The van der Waals surface area contributed by atoms with E-state index in [0.29, 0.717) is 24.3 Å². The zero-order valence-electron chi connectivity index (χ0n) is 12.7. The molecule has 1 N–H and O–H groups in total. The lowest BCUT2D eigenvalue weighted by molar-refractivity contribution is 0.0922. The minimum Gasteiger partial charge on any atom is -0.474 e. The van der Waals surface area contributed by atoms with E-state index in [0.717, 1.165) is 24.0 Å². The predicted molar refractivity (Wildman–Crippen MR) is 81.7 cm³/mol. The van der Waals surface area contributed by atoms with Crippen molar-refractivity contribution in [3.05, 3.63) is 47.5 Å². The highest BCUT2D eigenvalue weighted by Crippen LogP contribution is 2.22. The number of carbonyl (C=O) groups is 1. The van der Waals surface area contributed by atoms with Crippen molar-refractivity contribution in [1.29, 1.82) is 0 Å². The molecule has 2 heterocycles. The highest BCUT2D eigenvalue weighted by atomic mass is 16.5. The van der Waals surface area contributed by atoms with Gasteiger partial charge in [0.1, 0.15) is 6.10 Å². The Kier molecular flexibility index (Phi) is 4.42. The van der Waals surface area contributed by atoms with Crippen LogP contribution in [0.1, 0.15) is 47.4 Å². The van der Waals surface area contributed by atoms with Gasteiger partial charge in [0.15, 0.2) is 5.76 Å². The van der Waals surface area contributed by atoms with Crippen LogP contribution in [0.15, 0.2) is 35.1 Å². The Hall–Kier alpha value is -2.30. The molecular weight excluding hydrogens is 280 g/mol. The number of hydrogen-bond donors (Lipinski definition) is 1. The molecule has 0 saturated heterocycles. The number of aromatic nitrogens is 1. The summed E-state index contributed by atoms with van der Waals surface area (Å²) < 4.78 is 11.0. The van der Waals surface area contributed by atoms with Gasteiger partial charge in [-0.3, -0.25) is 4.79 Å². The molecule has 22 heavy (non-hydrogen) atoms. The van der Waals surface area contributed by atoms with Crippen LogP contribution in [0.3, 0.4) is 0 Å². The molecule has 0 spiro atoms. The second-order valence-corrected chi connectivity index (χ2v) is 5.64. The van der Waals surface area contributed by atoms with Crippen LogP contribution in [0, 0.1) is 6.92 Å². The van der Waals surface area contributed by atoms with Gasteiger partial charge >= 0.3 is 0 Å². The predicted octanol–water partition coefficient (Wildman–Crippen LogP) is 3.23. The second-order valence-electron chi connectivity index (χ2n) is 5.64. The summed E-state index contributed by atoms with van der Waals surface area (Å²) in [6, 6.07) is 5.55. The Morgan fingerprint density at radius 2 is 2.18 bits per heavy atom. The lowest BCUT2D eigenvalue weighted by Crippen LogP contribution is -2.23. The molecule has 1 aliphatic rings. The van der Waals surface area contributed by atoms with Crippen LogP contribution in [0.25, 0.3) is 0 Å². The van der Waals surface area contributed by atoms with Crippen LogP contribution in [0.2, 0.25) is 0 Å². The first-order valence-electron chi connectivity index (χ1n) is 7.66. The number of rotatable bonds is 5. The summed E-state index contributed by atoms with van der Waals surface area (Å²) in [4.78, 5) is 16.3. The van der Waals surface area contributed by atoms with E-state index in [-0.39, 0.29) is 5.91 Å². The first kappa shape index (κ1) is 14.6. The van der Waals surface area contributed by atoms with E-state index in [2.05, 4.69) is 10.3 Å². The molecular formula is C17H20N2O3. The van der Waals surface area contributed by atoms with Crippen molar-refractivity contribution in [1.82, 2.24) is 10.3 Å². The van der Waals surface area contributed by atoms with Gasteiger partial charge in [0.2, 0.25) is 5.88 Å². The van der Waals surface area contributed by atoms with E-state index >= 15 is 0 Å². The van der Waals surface area contributed by atoms with E-state index in [1.54, 1.807) is 12.3 Å². The fourth-order valence-electron chi connectivity index (χ4n) is 2.63. The summed E-state index contributed by atoms with van der Waals surface area (Å²) in [5, 5.41) is 2.82. The summed E-state index contributed by atoms with van der Waals surface area (Å²) in [5.74, 6) is 0.798. The zero-order chi connectivity index (χ0) is 15.4. The van der Waals surface area contributed by atoms with Crippen molar-refractivity contribution in [3.63, 3.8) is 0 Å². The Bertz CT molecular complexity index is 628. The van der Waals surface area contributed by atoms with E-state index in [4.69, 9.17) is 9.15 Å². The maximum Gasteiger partial charge on any atom is 0.287 e. The molecule has 1 aliphatic carbocycles. The Morgan fingerprint density at radius 1 is 1.36 bits per heavy atom. The topological polar surface area (TPSA) is 64.4 Å². The first-order valence-corrected chi connectivity index (χ1v) is 7.66. The highest BCUT2D eigenvalue weighted by molar-refractivity contribution is 5.92. The Balaban J connectivity index is 1.52. The molecule has 1 fully saturated rings. The minimum absolute atomic E-state index is 0.214. The molecule has 0 atom stereocenters. The van der Waals surface area contributed by atoms with Crippen LogP contribution in [-0.2, 0) is 6.54 Å². The highest BCUT2D eigenvalue weighted by Gasteiger charge is 2.17. The average molecular weight is 300 g/mol. The number of furan rings is 1. The Morgan fingerprint density at radius 3 is 2.82 bits per heavy atom. The van der Waals surface area contributed by atoms with E-state index in [1.165, 1.54) is 19.1 Å². The van der Waals surface area contributed by atoms with Gasteiger partial charge in [0.25, 0.3) is 5.91 Å². The summed E-state index contributed by atoms with van der Waals surface area (Å²) in [7, 11) is 0. The van der Waals surface area contributed by atoms with E-state index in [9.17, 15) is 4.79 Å². The van der Waals surface area contributed by atoms with Crippen LogP contribution in [0.5, 0.6) is 5.88 Å². The van der Waals surface area contributed by atoms with Gasteiger partial charge in [0.05, 0.1) is 6.26 Å². The maximum atomic E-state index is 11.9. The van der Waals surface area contributed by atoms with Crippen molar-refractivity contribution in [3.8, 4) is 5.88 Å². The van der Waals surface area contributed by atoms with Gasteiger partial charge in [-0.15, -0.1) is 0 Å². The van der Waals surface area contributed by atoms with Gasteiger partial charge in [-0.05, 0) is 44.2 Å². The number of nitrogens with zero attached hydrogens (tertiary/aromatic N) is 1. The number of carbonyl (C=O) groups excluding carboxylic acids is 1. The summed E-state index contributed by atoms with van der Waals surface area (Å²) in [6.45, 7) is 2.25. The van der Waals surface area contributed by atoms with Crippen LogP contribution < -0.4 is 10.1 Å². The number of aryl methyl sites for hydroxylation is 1. The molecule has 5 heteroatoms. The molecule has 1 amide bonds. The standard InChI is InChI=1S/C17H20N2O3/c1-12-8-9-21-16(12)17(20)19-11-13-6-7-15(18-10-13)22-14-4-2-3-5-14/h6-10,14H,2-5,11H2,1H3,(H,19,20). The molecule has 0 radical (unpaired) electrons. The van der Waals surface area contributed by atoms with E-state index in [1.807, 2.05) is 19.1 Å². The van der Waals surface area contributed by atoms with Crippen molar-refractivity contribution in [2.24, 2.45) is 0 Å². The van der Waals surface area contributed by atoms with Crippen molar-refractivity contribution < 1.29 is 13.9 Å². The number of pyridine rings is 1. The van der Waals surface area contributed by atoms with Crippen LogP contribution >= 0.6 is 0 Å². The van der Waals surface area contributed by atoms with Crippen molar-refractivity contribution >= 4 is 5.91 Å². The maximum absolute atomic E-state index is 11.9. The third-order valence-corrected chi connectivity index (χ3v) is 3.91. The third kappa shape index (κ3) is 3.47. The number of nitrogens with one attached hydrogen (secondary N) is 1. The minimum atomic E-state index is -0.214. The Labute approximate surface area is 129 Å². The number of ether oxygens (including phenoxy) is 1. The van der Waals surface area contributed by atoms with Gasteiger partial charge in [-0.25, -0.2) is 4.98 Å². The van der Waals surface area contributed by atoms with Gasteiger partial charge in [0, 0.05) is 24.4 Å². The molecule has 2 aromatic heterocycles. The first-order chi connectivity index (χ1) is 10.7. The molecule has 1 saturated carbocycles. The molecule has 0 bridgehead atoms. The summed E-state index contributed by atoms with van der Waals surface area (Å²) in [6.07, 6.45) is 8.26. The second kappa shape index (κ2) is 6.64. The number of amides is 1. The van der Waals surface area contributed by atoms with Gasteiger partial charge in [-0.1, -0.05) is 6.07 Å². The fourth-order valence-corrected chi connectivity index (χ4v) is 2.63. The molecule has 0 aliphatic heterocycles. The summed E-state index contributed by atoms with van der Waals surface area (Å²) >= 11 is 0. The van der Waals surface area contributed by atoms with Crippen molar-refractivity contribution in [2.45, 2.75) is 45.3 Å². The molecule has 0 unspecified atom stereocenters. The summed E-state index contributed by atoms with van der Waals surface area (Å²) in [5.41, 5.74) is 1.76. The molecule has 3 rings (SSSR count). The normalized spacial score (nSPS) is 15.0. The lowest BCUT2D eigenvalue weighted by Gasteiger charge is -2.12.